The molecule has 0 saturated carbocycles. The summed E-state index contributed by atoms with van der Waals surface area (Å²) in [6.07, 6.45) is 0. The van der Waals surface area contributed by atoms with Crippen molar-refractivity contribution in [3.8, 4) is 5.75 Å². The van der Waals surface area contributed by atoms with E-state index in [2.05, 4.69) is 15.9 Å². The van der Waals surface area contributed by atoms with Crippen LogP contribution in [0.2, 0.25) is 5.02 Å². The van der Waals surface area contributed by atoms with Crippen LogP contribution >= 0.6 is 27.5 Å². The van der Waals surface area contributed by atoms with Crippen LogP contribution in [0.1, 0.15) is 20.7 Å². The zero-order valence-electron chi connectivity index (χ0n) is 11.9. The first-order valence-corrected chi connectivity index (χ1v) is 7.58. The summed E-state index contributed by atoms with van der Waals surface area (Å²) in [6, 6.07) is 8.04. The van der Waals surface area contributed by atoms with E-state index in [0.29, 0.717) is 15.8 Å². The number of carbonyl (C=O) groups excluding carboxylic acids is 2. The number of hydrogen-bond acceptors (Lipinski definition) is 4. The molecule has 2 aromatic rings. The first-order chi connectivity index (χ1) is 10.9. The molecule has 0 atom stereocenters. The van der Waals surface area contributed by atoms with E-state index in [4.69, 9.17) is 21.1 Å². The molecule has 7 heteroatoms. The highest BCUT2D eigenvalue weighted by atomic mass is 79.9. The number of ether oxygens (including phenoxy) is 2. The lowest BCUT2D eigenvalue weighted by Crippen LogP contribution is -2.14. The number of hydrogen-bond donors (Lipinski definition) is 0. The van der Waals surface area contributed by atoms with Crippen LogP contribution in [-0.4, -0.2) is 25.5 Å². The molecular weight excluding hydrogens is 391 g/mol. The van der Waals surface area contributed by atoms with E-state index in [-0.39, 0.29) is 16.4 Å². The lowest BCUT2D eigenvalue weighted by atomic mass is 10.1. The van der Waals surface area contributed by atoms with E-state index in [1.807, 2.05) is 0 Å². The lowest BCUT2D eigenvalue weighted by Gasteiger charge is -2.07. The average molecular weight is 402 g/mol. The Bertz CT molecular complexity index is 764. The molecule has 0 aliphatic rings. The van der Waals surface area contributed by atoms with Gasteiger partial charge in [0, 0.05) is 5.56 Å². The van der Waals surface area contributed by atoms with Crippen LogP contribution in [0.4, 0.5) is 4.39 Å². The second-order valence-corrected chi connectivity index (χ2v) is 5.73. The van der Waals surface area contributed by atoms with Crippen LogP contribution in [0.5, 0.6) is 5.75 Å². The number of methoxy groups -OCH3 is 1. The molecule has 0 spiro atoms. The first kappa shape index (κ1) is 17.4. The summed E-state index contributed by atoms with van der Waals surface area (Å²) in [6.45, 7) is -0.453. The van der Waals surface area contributed by atoms with Crippen LogP contribution in [0, 0.1) is 5.82 Å². The van der Waals surface area contributed by atoms with Crippen molar-refractivity contribution in [2.45, 2.75) is 0 Å². The molecule has 0 heterocycles. The molecule has 0 unspecified atom stereocenters. The van der Waals surface area contributed by atoms with Crippen LogP contribution in [-0.2, 0) is 4.74 Å². The van der Waals surface area contributed by atoms with Crippen molar-refractivity contribution in [3.05, 3.63) is 62.8 Å². The first-order valence-electron chi connectivity index (χ1n) is 6.41. The Morgan fingerprint density at radius 2 is 1.96 bits per heavy atom. The minimum absolute atomic E-state index is 0.00298. The third kappa shape index (κ3) is 4.30. The van der Waals surface area contributed by atoms with E-state index in [9.17, 15) is 14.0 Å². The van der Waals surface area contributed by atoms with Crippen molar-refractivity contribution >= 4 is 39.3 Å². The van der Waals surface area contributed by atoms with Gasteiger partial charge in [-0.3, -0.25) is 4.79 Å². The van der Waals surface area contributed by atoms with Gasteiger partial charge in [-0.1, -0.05) is 11.6 Å². The van der Waals surface area contributed by atoms with Crippen LogP contribution in [0.25, 0.3) is 0 Å². The maximum absolute atomic E-state index is 12.9. The molecule has 0 fully saturated rings. The fourth-order valence-corrected chi connectivity index (χ4v) is 2.57. The van der Waals surface area contributed by atoms with E-state index < -0.39 is 18.4 Å². The van der Waals surface area contributed by atoms with Gasteiger partial charge in [-0.2, -0.15) is 0 Å². The zero-order chi connectivity index (χ0) is 17.0. The maximum atomic E-state index is 12.9. The van der Waals surface area contributed by atoms with Gasteiger partial charge in [0.15, 0.2) is 12.4 Å². The smallest absolute Gasteiger partial charge is 0.340 e. The number of ketones is 1. The molecule has 0 amide bonds. The second-order valence-electron chi connectivity index (χ2n) is 4.47. The lowest BCUT2D eigenvalue weighted by molar-refractivity contribution is 0.0475. The summed E-state index contributed by atoms with van der Waals surface area (Å²) in [5.41, 5.74) is 0.354. The summed E-state index contributed by atoms with van der Waals surface area (Å²) >= 11 is 9.04. The van der Waals surface area contributed by atoms with Crippen LogP contribution in [0.15, 0.2) is 40.9 Å². The monoisotopic (exact) mass is 400 g/mol. The van der Waals surface area contributed by atoms with Gasteiger partial charge in [0.05, 0.1) is 22.2 Å². The molecular formula is C16H11BrClFO4. The van der Waals surface area contributed by atoms with Crippen molar-refractivity contribution in [1.29, 1.82) is 0 Å². The maximum Gasteiger partial charge on any atom is 0.340 e. The fraction of sp³-hybridized carbons (Fsp3) is 0.125. The number of Topliss-reactive ketones (excluding diaryl/α,β-unsaturated/α-hetero) is 1. The quantitative estimate of drug-likeness (QED) is 0.554. The molecule has 2 aromatic carbocycles. The molecule has 0 radical (unpaired) electrons. The molecule has 0 aliphatic heterocycles. The summed E-state index contributed by atoms with van der Waals surface area (Å²) in [7, 11) is 1.51. The van der Waals surface area contributed by atoms with Gasteiger partial charge in [0.1, 0.15) is 11.6 Å². The van der Waals surface area contributed by atoms with E-state index in [1.54, 1.807) is 18.2 Å². The van der Waals surface area contributed by atoms with Crippen molar-refractivity contribution in [3.63, 3.8) is 0 Å². The molecule has 120 valence electrons. The van der Waals surface area contributed by atoms with Gasteiger partial charge >= 0.3 is 5.97 Å². The Morgan fingerprint density at radius 3 is 2.57 bits per heavy atom. The summed E-state index contributed by atoms with van der Waals surface area (Å²) in [5.74, 6) is -1.17. The molecule has 0 saturated heterocycles. The minimum Gasteiger partial charge on any atom is -0.496 e. The Morgan fingerprint density at radius 1 is 1.22 bits per heavy atom. The number of benzene rings is 2. The molecule has 23 heavy (non-hydrogen) atoms. The molecule has 4 nitrogen and oxygen atoms in total. The topological polar surface area (TPSA) is 52.6 Å². The van der Waals surface area contributed by atoms with Crippen molar-refractivity contribution in [1.82, 2.24) is 0 Å². The average Bonchev–Trinajstić information content (AvgIpc) is 2.52. The van der Waals surface area contributed by atoms with Gasteiger partial charge < -0.3 is 9.47 Å². The summed E-state index contributed by atoms with van der Waals surface area (Å²) in [4.78, 5) is 23.9. The minimum atomic E-state index is -0.795. The number of halogens is 3. The Kier molecular flexibility index (Phi) is 5.74. The highest BCUT2D eigenvalue weighted by molar-refractivity contribution is 9.10. The van der Waals surface area contributed by atoms with Gasteiger partial charge in [0.25, 0.3) is 0 Å². The van der Waals surface area contributed by atoms with E-state index >= 15 is 0 Å². The summed E-state index contributed by atoms with van der Waals surface area (Å²) < 4.78 is 23.5. The van der Waals surface area contributed by atoms with Crippen LogP contribution < -0.4 is 4.74 Å². The van der Waals surface area contributed by atoms with Gasteiger partial charge in [-0.15, -0.1) is 0 Å². The molecule has 0 N–H and O–H groups in total. The Labute approximate surface area is 145 Å². The predicted octanol–water partition coefficient (Wildman–Crippen LogP) is 4.29. The number of carbonyl (C=O) groups is 2. The third-order valence-electron chi connectivity index (χ3n) is 2.96. The van der Waals surface area contributed by atoms with Crippen molar-refractivity contribution in [2.75, 3.05) is 13.7 Å². The number of rotatable bonds is 5. The predicted molar refractivity (Wildman–Crippen MR) is 86.7 cm³/mol. The fourth-order valence-electron chi connectivity index (χ4n) is 1.79. The van der Waals surface area contributed by atoms with Crippen LogP contribution in [0.3, 0.4) is 0 Å². The van der Waals surface area contributed by atoms with Crippen molar-refractivity contribution < 1.29 is 23.5 Å². The SMILES string of the molecule is COc1ccc(C(=O)COC(=O)c2ccc(F)cc2Cl)cc1Br. The highest BCUT2D eigenvalue weighted by Crippen LogP contribution is 2.25. The molecule has 2 rings (SSSR count). The van der Waals surface area contributed by atoms with Gasteiger partial charge in [-0.25, -0.2) is 9.18 Å². The third-order valence-corrected chi connectivity index (χ3v) is 3.89. The normalized spacial score (nSPS) is 10.3. The summed E-state index contributed by atoms with van der Waals surface area (Å²) in [5, 5.41) is -0.0744. The second kappa shape index (κ2) is 7.57. The zero-order valence-corrected chi connectivity index (χ0v) is 14.3. The largest absolute Gasteiger partial charge is 0.496 e. The van der Waals surface area contributed by atoms with Gasteiger partial charge in [-0.05, 0) is 52.3 Å². The van der Waals surface area contributed by atoms with E-state index in [0.717, 1.165) is 12.1 Å². The van der Waals surface area contributed by atoms with Crippen molar-refractivity contribution in [2.24, 2.45) is 0 Å². The Balaban J connectivity index is 2.04. The standard InChI is InChI=1S/C16H11BrClFO4/c1-22-15-5-2-9(6-12(15)17)14(20)8-23-16(21)11-4-3-10(19)7-13(11)18/h2-7H,8H2,1H3. The molecule has 0 aliphatic carbocycles. The Hall–Kier alpha value is -1.92. The molecule has 0 bridgehead atoms. The number of esters is 1. The van der Waals surface area contributed by atoms with E-state index in [1.165, 1.54) is 13.2 Å². The van der Waals surface area contributed by atoms with Gasteiger partial charge in [0.2, 0.25) is 0 Å². The highest BCUT2D eigenvalue weighted by Gasteiger charge is 2.16. The molecule has 0 aromatic heterocycles.